The van der Waals surface area contributed by atoms with Crippen LogP contribution < -0.4 is 10.6 Å². The molecule has 1 amide bonds. The highest BCUT2D eigenvalue weighted by molar-refractivity contribution is 7.22. The van der Waals surface area contributed by atoms with Gasteiger partial charge >= 0.3 is 5.97 Å². The highest BCUT2D eigenvalue weighted by Gasteiger charge is 2.29. The Kier molecular flexibility index (Phi) is 6.37. The van der Waals surface area contributed by atoms with Crippen molar-refractivity contribution >= 4 is 49.9 Å². The maximum Gasteiger partial charge on any atom is 0.316 e. The lowest BCUT2D eigenvalue weighted by Gasteiger charge is -2.17. The van der Waals surface area contributed by atoms with Crippen molar-refractivity contribution in [1.29, 1.82) is 0 Å². The second-order valence-corrected chi connectivity index (χ2v) is 8.96. The average molecular weight is 464 g/mol. The van der Waals surface area contributed by atoms with E-state index in [4.69, 9.17) is 0 Å². The van der Waals surface area contributed by atoms with Crippen LogP contribution in [0.15, 0.2) is 66.7 Å². The van der Waals surface area contributed by atoms with Gasteiger partial charge in [0, 0.05) is 11.3 Å². The van der Waals surface area contributed by atoms with Crippen LogP contribution in [0.4, 0.5) is 20.9 Å². The van der Waals surface area contributed by atoms with Crippen molar-refractivity contribution in [3.05, 3.63) is 72.5 Å². The number of rotatable bonds is 7. The monoisotopic (exact) mass is 463 g/mol. The van der Waals surface area contributed by atoms with E-state index in [9.17, 15) is 19.1 Å². The first-order chi connectivity index (χ1) is 15.8. The smallest absolute Gasteiger partial charge is 0.316 e. The molecule has 4 rings (SSSR count). The SMILES string of the molecule is CC(C)C(C(=O)O)C(=O)Nc1ccc(-c2ccccc2)c(Nc2nc3ccc(F)cc3s2)c1. The summed E-state index contributed by atoms with van der Waals surface area (Å²) in [4.78, 5) is 28.7. The number of amides is 1. The first-order valence-electron chi connectivity index (χ1n) is 10.4. The fourth-order valence-electron chi connectivity index (χ4n) is 3.58. The van der Waals surface area contributed by atoms with E-state index in [1.165, 1.54) is 23.5 Å². The van der Waals surface area contributed by atoms with Gasteiger partial charge in [0.25, 0.3) is 0 Å². The molecule has 0 aliphatic rings. The number of aliphatic carboxylic acids is 1. The Labute approximate surface area is 194 Å². The van der Waals surface area contributed by atoms with E-state index >= 15 is 0 Å². The Morgan fingerprint density at radius 1 is 1.03 bits per heavy atom. The third kappa shape index (κ3) is 5.01. The summed E-state index contributed by atoms with van der Waals surface area (Å²) < 4.78 is 14.3. The maximum absolute atomic E-state index is 13.6. The van der Waals surface area contributed by atoms with Crippen molar-refractivity contribution in [3.8, 4) is 11.1 Å². The number of nitrogens with zero attached hydrogens (tertiary/aromatic N) is 1. The summed E-state index contributed by atoms with van der Waals surface area (Å²) in [5, 5.41) is 16.0. The normalized spacial score (nSPS) is 12.0. The van der Waals surface area contributed by atoms with Crippen molar-refractivity contribution in [2.45, 2.75) is 13.8 Å². The minimum atomic E-state index is -1.16. The van der Waals surface area contributed by atoms with Gasteiger partial charge in [0.15, 0.2) is 5.13 Å². The van der Waals surface area contributed by atoms with Crippen molar-refractivity contribution in [2.24, 2.45) is 11.8 Å². The maximum atomic E-state index is 13.6. The first-order valence-corrected chi connectivity index (χ1v) is 11.2. The topological polar surface area (TPSA) is 91.3 Å². The molecule has 0 fully saturated rings. The van der Waals surface area contributed by atoms with Crippen LogP contribution in [0.25, 0.3) is 21.3 Å². The van der Waals surface area contributed by atoms with Crippen LogP contribution in [0.5, 0.6) is 0 Å². The zero-order valence-corrected chi connectivity index (χ0v) is 18.8. The lowest BCUT2D eigenvalue weighted by molar-refractivity contribution is -0.147. The predicted molar refractivity (Wildman–Crippen MR) is 129 cm³/mol. The number of carbonyl (C=O) groups excluding carboxylic acids is 1. The van der Waals surface area contributed by atoms with E-state index in [1.54, 1.807) is 32.0 Å². The summed E-state index contributed by atoms with van der Waals surface area (Å²) in [5.74, 6) is -3.58. The number of anilines is 3. The van der Waals surface area contributed by atoms with Crippen molar-refractivity contribution < 1.29 is 19.1 Å². The summed E-state index contributed by atoms with van der Waals surface area (Å²) in [6, 6.07) is 19.5. The number of carbonyl (C=O) groups is 2. The van der Waals surface area contributed by atoms with E-state index in [-0.39, 0.29) is 11.7 Å². The Balaban J connectivity index is 1.70. The number of halogens is 1. The molecule has 4 aromatic rings. The molecule has 0 aliphatic heterocycles. The highest BCUT2D eigenvalue weighted by atomic mass is 32.1. The van der Waals surface area contributed by atoms with Gasteiger partial charge in [-0.05, 0) is 41.8 Å². The highest BCUT2D eigenvalue weighted by Crippen LogP contribution is 2.35. The van der Waals surface area contributed by atoms with Crippen molar-refractivity contribution in [1.82, 2.24) is 4.98 Å². The fraction of sp³-hybridized carbons (Fsp3) is 0.160. The minimum absolute atomic E-state index is 0.328. The molecule has 1 aromatic heterocycles. The van der Waals surface area contributed by atoms with Crippen LogP contribution in [0, 0.1) is 17.7 Å². The van der Waals surface area contributed by atoms with E-state index in [2.05, 4.69) is 15.6 Å². The molecule has 6 nitrogen and oxygen atoms in total. The van der Waals surface area contributed by atoms with Crippen LogP contribution >= 0.6 is 11.3 Å². The summed E-state index contributed by atoms with van der Waals surface area (Å²) in [6.07, 6.45) is 0. The second kappa shape index (κ2) is 9.38. The van der Waals surface area contributed by atoms with Gasteiger partial charge in [-0.25, -0.2) is 9.37 Å². The van der Waals surface area contributed by atoms with Gasteiger partial charge in [-0.3, -0.25) is 9.59 Å². The largest absolute Gasteiger partial charge is 0.481 e. The van der Waals surface area contributed by atoms with Crippen LogP contribution in [0.2, 0.25) is 0 Å². The third-order valence-electron chi connectivity index (χ3n) is 5.18. The van der Waals surface area contributed by atoms with Crippen LogP contribution in [-0.2, 0) is 9.59 Å². The molecule has 33 heavy (non-hydrogen) atoms. The molecule has 0 spiro atoms. The summed E-state index contributed by atoms with van der Waals surface area (Å²) in [6.45, 7) is 3.39. The van der Waals surface area contributed by atoms with Crippen molar-refractivity contribution in [3.63, 3.8) is 0 Å². The lowest BCUT2D eigenvalue weighted by Crippen LogP contribution is -2.33. The standard InChI is InChI=1S/C25H22FN3O3S/c1-14(2)22(24(31)32)23(30)27-17-9-10-18(15-6-4-3-5-7-15)20(13-17)29-25-28-19-11-8-16(26)12-21(19)33-25/h3-14,22H,1-2H3,(H,27,30)(H,28,29)(H,31,32). The van der Waals surface area contributed by atoms with Crippen LogP contribution in [0.3, 0.4) is 0 Å². The first kappa shape index (κ1) is 22.4. The fourth-order valence-corrected chi connectivity index (χ4v) is 4.49. The molecule has 1 heterocycles. The number of fused-ring (bicyclic) bond motifs is 1. The van der Waals surface area contributed by atoms with Gasteiger partial charge in [-0.1, -0.05) is 61.6 Å². The Morgan fingerprint density at radius 2 is 1.79 bits per heavy atom. The van der Waals surface area contributed by atoms with E-state index < -0.39 is 17.8 Å². The van der Waals surface area contributed by atoms with Gasteiger partial charge in [0.05, 0.1) is 15.9 Å². The van der Waals surface area contributed by atoms with Gasteiger partial charge < -0.3 is 15.7 Å². The molecule has 0 saturated heterocycles. The molecular formula is C25H22FN3O3S. The van der Waals surface area contributed by atoms with E-state index in [0.717, 1.165) is 11.1 Å². The Morgan fingerprint density at radius 3 is 2.48 bits per heavy atom. The quantitative estimate of drug-likeness (QED) is 0.286. The second-order valence-electron chi connectivity index (χ2n) is 7.93. The molecule has 1 atom stereocenters. The number of benzene rings is 3. The van der Waals surface area contributed by atoms with Gasteiger partial charge in [-0.15, -0.1) is 0 Å². The lowest BCUT2D eigenvalue weighted by atomic mass is 9.95. The summed E-state index contributed by atoms with van der Waals surface area (Å²) >= 11 is 1.32. The van der Waals surface area contributed by atoms with E-state index in [0.29, 0.717) is 26.7 Å². The molecule has 3 aromatic carbocycles. The number of carboxylic acids is 1. The number of hydrogen-bond acceptors (Lipinski definition) is 5. The molecule has 0 radical (unpaired) electrons. The number of thiazole rings is 1. The van der Waals surface area contributed by atoms with Crippen molar-refractivity contribution in [2.75, 3.05) is 10.6 Å². The number of carboxylic acid groups (broad SMARTS) is 1. The molecule has 8 heteroatoms. The Bertz CT molecular complexity index is 1320. The minimum Gasteiger partial charge on any atom is -0.481 e. The molecular weight excluding hydrogens is 441 g/mol. The zero-order valence-electron chi connectivity index (χ0n) is 18.0. The number of nitrogens with one attached hydrogen (secondary N) is 2. The van der Waals surface area contributed by atoms with Gasteiger partial charge in [0.1, 0.15) is 11.7 Å². The molecule has 1 unspecified atom stereocenters. The van der Waals surface area contributed by atoms with E-state index in [1.807, 2.05) is 36.4 Å². The molecule has 0 aliphatic carbocycles. The predicted octanol–water partition coefficient (Wildman–Crippen LogP) is 6.14. The number of hydrogen-bond donors (Lipinski definition) is 3. The molecule has 0 bridgehead atoms. The van der Waals surface area contributed by atoms with Gasteiger partial charge in [0.2, 0.25) is 5.91 Å². The summed E-state index contributed by atoms with van der Waals surface area (Å²) in [7, 11) is 0. The molecule has 168 valence electrons. The molecule has 3 N–H and O–H groups in total. The van der Waals surface area contributed by atoms with Crippen LogP contribution in [0.1, 0.15) is 13.8 Å². The number of aromatic nitrogens is 1. The summed E-state index contributed by atoms with van der Waals surface area (Å²) in [5.41, 5.74) is 3.64. The Hall–Kier alpha value is -3.78. The zero-order chi connectivity index (χ0) is 23.5. The van der Waals surface area contributed by atoms with Gasteiger partial charge in [-0.2, -0.15) is 0 Å². The third-order valence-corrected chi connectivity index (χ3v) is 6.11. The average Bonchev–Trinajstić information content (AvgIpc) is 3.15. The molecule has 0 saturated carbocycles. The van der Waals surface area contributed by atoms with Crippen LogP contribution in [-0.4, -0.2) is 22.0 Å².